The van der Waals surface area contributed by atoms with Crippen LogP contribution in [0.1, 0.15) is 23.2 Å². The van der Waals surface area contributed by atoms with E-state index in [2.05, 4.69) is 15.5 Å². The molecule has 1 N–H and O–H groups in total. The van der Waals surface area contributed by atoms with Gasteiger partial charge in [0.25, 0.3) is 5.91 Å². The summed E-state index contributed by atoms with van der Waals surface area (Å²) in [7, 11) is 0. The Kier molecular flexibility index (Phi) is 3.16. The average molecular weight is 226 g/mol. The van der Waals surface area contributed by atoms with Crippen molar-refractivity contribution in [2.24, 2.45) is 5.92 Å². The van der Waals surface area contributed by atoms with E-state index in [0.29, 0.717) is 18.0 Å². The Morgan fingerprint density at radius 3 is 3.00 bits per heavy atom. The SMILES string of the molecule is O=C(NCC(Cl)C1CC1)c1ccnnc1. The van der Waals surface area contributed by atoms with Gasteiger partial charge in [0.15, 0.2) is 0 Å². The second kappa shape index (κ2) is 4.57. The summed E-state index contributed by atoms with van der Waals surface area (Å²) in [4.78, 5) is 11.6. The van der Waals surface area contributed by atoms with Crippen molar-refractivity contribution in [3.05, 3.63) is 24.0 Å². The molecule has 1 unspecified atom stereocenters. The molecule has 2 rings (SSSR count). The second-order valence-electron chi connectivity index (χ2n) is 3.69. The van der Waals surface area contributed by atoms with Crippen LogP contribution in [-0.4, -0.2) is 28.0 Å². The summed E-state index contributed by atoms with van der Waals surface area (Å²) >= 11 is 6.07. The van der Waals surface area contributed by atoms with Crippen molar-refractivity contribution in [2.75, 3.05) is 6.54 Å². The molecule has 1 aromatic rings. The van der Waals surface area contributed by atoms with Gasteiger partial charge in [0, 0.05) is 6.54 Å². The van der Waals surface area contributed by atoms with E-state index in [1.165, 1.54) is 25.2 Å². The quantitative estimate of drug-likeness (QED) is 0.784. The maximum atomic E-state index is 11.6. The first kappa shape index (κ1) is 10.4. The number of aromatic nitrogens is 2. The molecule has 1 saturated carbocycles. The van der Waals surface area contributed by atoms with Gasteiger partial charge in [-0.3, -0.25) is 4.79 Å². The standard InChI is InChI=1S/C10H12ClN3O/c11-9(7-1-2-7)6-12-10(15)8-3-4-13-14-5-8/h3-5,7,9H,1-2,6H2,(H,12,15). The van der Waals surface area contributed by atoms with Crippen LogP contribution in [0.5, 0.6) is 0 Å². The zero-order chi connectivity index (χ0) is 10.7. The number of halogens is 1. The molecule has 4 nitrogen and oxygen atoms in total. The molecule has 0 spiro atoms. The lowest BCUT2D eigenvalue weighted by molar-refractivity contribution is 0.0952. The van der Waals surface area contributed by atoms with E-state index in [1.54, 1.807) is 6.07 Å². The van der Waals surface area contributed by atoms with Gasteiger partial charge in [0.05, 0.1) is 23.3 Å². The lowest BCUT2D eigenvalue weighted by Gasteiger charge is -2.09. The first-order chi connectivity index (χ1) is 7.27. The summed E-state index contributed by atoms with van der Waals surface area (Å²) in [6.45, 7) is 0.521. The summed E-state index contributed by atoms with van der Waals surface area (Å²) in [5, 5.41) is 10.1. The molecule has 0 aromatic carbocycles. The van der Waals surface area contributed by atoms with Gasteiger partial charge in [-0.2, -0.15) is 10.2 Å². The molecule has 1 aliphatic carbocycles. The first-order valence-electron chi connectivity index (χ1n) is 4.96. The van der Waals surface area contributed by atoms with Crippen molar-refractivity contribution in [1.29, 1.82) is 0 Å². The van der Waals surface area contributed by atoms with Crippen LogP contribution in [0, 0.1) is 5.92 Å². The fourth-order valence-corrected chi connectivity index (χ4v) is 1.67. The third kappa shape index (κ3) is 2.89. The van der Waals surface area contributed by atoms with Crippen LogP contribution in [0.2, 0.25) is 0 Å². The number of nitrogens with one attached hydrogen (secondary N) is 1. The van der Waals surface area contributed by atoms with Crippen LogP contribution in [-0.2, 0) is 0 Å². The molecule has 0 bridgehead atoms. The molecule has 1 fully saturated rings. The van der Waals surface area contributed by atoms with Crippen LogP contribution in [0.25, 0.3) is 0 Å². The van der Waals surface area contributed by atoms with Gasteiger partial charge in [0.1, 0.15) is 0 Å². The lowest BCUT2D eigenvalue weighted by atomic mass is 10.2. The van der Waals surface area contributed by atoms with E-state index >= 15 is 0 Å². The molecule has 80 valence electrons. The number of carbonyl (C=O) groups is 1. The highest BCUT2D eigenvalue weighted by Gasteiger charge is 2.29. The highest BCUT2D eigenvalue weighted by atomic mass is 35.5. The molecule has 1 amide bonds. The zero-order valence-corrected chi connectivity index (χ0v) is 8.94. The van der Waals surface area contributed by atoms with Gasteiger partial charge in [-0.15, -0.1) is 11.6 Å². The predicted octanol–water partition coefficient (Wildman–Crippen LogP) is 1.22. The van der Waals surface area contributed by atoms with Gasteiger partial charge in [0.2, 0.25) is 0 Å². The van der Waals surface area contributed by atoms with Gasteiger partial charge < -0.3 is 5.32 Å². The van der Waals surface area contributed by atoms with Crippen molar-refractivity contribution in [3.8, 4) is 0 Å². The summed E-state index contributed by atoms with van der Waals surface area (Å²) in [6, 6.07) is 1.63. The molecule has 1 aliphatic rings. The number of hydrogen-bond donors (Lipinski definition) is 1. The van der Waals surface area contributed by atoms with Crippen molar-refractivity contribution in [1.82, 2.24) is 15.5 Å². The summed E-state index contributed by atoms with van der Waals surface area (Å²) in [5.74, 6) is 0.443. The number of carbonyl (C=O) groups excluding carboxylic acids is 1. The molecule has 0 radical (unpaired) electrons. The maximum absolute atomic E-state index is 11.6. The van der Waals surface area contributed by atoms with Crippen molar-refractivity contribution >= 4 is 17.5 Å². The van der Waals surface area contributed by atoms with Crippen LogP contribution in [0.3, 0.4) is 0 Å². The second-order valence-corrected chi connectivity index (χ2v) is 4.26. The monoisotopic (exact) mass is 225 g/mol. The number of alkyl halides is 1. The smallest absolute Gasteiger partial charge is 0.253 e. The summed E-state index contributed by atoms with van der Waals surface area (Å²) in [6.07, 6.45) is 5.30. The first-order valence-corrected chi connectivity index (χ1v) is 5.40. The molecule has 0 saturated heterocycles. The number of hydrogen-bond acceptors (Lipinski definition) is 3. The van der Waals surface area contributed by atoms with E-state index in [0.717, 1.165) is 0 Å². The topological polar surface area (TPSA) is 54.9 Å². The van der Waals surface area contributed by atoms with E-state index in [4.69, 9.17) is 11.6 Å². The number of rotatable bonds is 4. The van der Waals surface area contributed by atoms with Crippen LogP contribution >= 0.6 is 11.6 Å². The Balaban J connectivity index is 1.82. The minimum atomic E-state index is -0.142. The van der Waals surface area contributed by atoms with E-state index in [1.807, 2.05) is 0 Å². The highest BCUT2D eigenvalue weighted by Crippen LogP contribution is 2.35. The van der Waals surface area contributed by atoms with Crippen LogP contribution < -0.4 is 5.32 Å². The molecular formula is C10H12ClN3O. The van der Waals surface area contributed by atoms with E-state index in [-0.39, 0.29) is 11.3 Å². The van der Waals surface area contributed by atoms with Gasteiger partial charge in [-0.05, 0) is 24.8 Å². The van der Waals surface area contributed by atoms with Gasteiger partial charge in [-0.25, -0.2) is 0 Å². The Bertz CT molecular complexity index is 340. The number of nitrogens with zero attached hydrogens (tertiary/aromatic N) is 2. The molecular weight excluding hydrogens is 214 g/mol. The Morgan fingerprint density at radius 1 is 1.60 bits per heavy atom. The Morgan fingerprint density at radius 2 is 2.40 bits per heavy atom. The number of amides is 1. The van der Waals surface area contributed by atoms with Crippen molar-refractivity contribution in [3.63, 3.8) is 0 Å². The minimum Gasteiger partial charge on any atom is -0.350 e. The van der Waals surface area contributed by atoms with Gasteiger partial charge >= 0.3 is 0 Å². The third-order valence-corrected chi connectivity index (χ3v) is 2.95. The molecule has 1 aromatic heterocycles. The maximum Gasteiger partial charge on any atom is 0.253 e. The van der Waals surface area contributed by atoms with Crippen LogP contribution in [0.4, 0.5) is 0 Å². The van der Waals surface area contributed by atoms with Gasteiger partial charge in [-0.1, -0.05) is 0 Å². The zero-order valence-electron chi connectivity index (χ0n) is 8.19. The summed E-state index contributed by atoms with van der Waals surface area (Å²) < 4.78 is 0. The Labute approximate surface area is 93.0 Å². The van der Waals surface area contributed by atoms with E-state index < -0.39 is 0 Å². The molecule has 5 heteroatoms. The molecule has 1 heterocycles. The van der Waals surface area contributed by atoms with E-state index in [9.17, 15) is 4.79 Å². The predicted molar refractivity (Wildman–Crippen MR) is 56.7 cm³/mol. The molecule has 15 heavy (non-hydrogen) atoms. The highest BCUT2D eigenvalue weighted by molar-refractivity contribution is 6.21. The van der Waals surface area contributed by atoms with Crippen molar-refractivity contribution in [2.45, 2.75) is 18.2 Å². The lowest BCUT2D eigenvalue weighted by Crippen LogP contribution is -2.30. The summed E-state index contributed by atoms with van der Waals surface area (Å²) in [5.41, 5.74) is 0.518. The third-order valence-electron chi connectivity index (χ3n) is 2.44. The van der Waals surface area contributed by atoms with Crippen molar-refractivity contribution < 1.29 is 4.79 Å². The average Bonchev–Trinajstić information content (AvgIpc) is 3.10. The largest absolute Gasteiger partial charge is 0.350 e. The fourth-order valence-electron chi connectivity index (χ4n) is 1.34. The normalized spacial score (nSPS) is 17.1. The molecule has 1 atom stereocenters. The van der Waals surface area contributed by atoms with Crippen LogP contribution in [0.15, 0.2) is 18.5 Å². The fraction of sp³-hybridized carbons (Fsp3) is 0.500. The Hall–Kier alpha value is -1.16. The minimum absolute atomic E-state index is 0.0590. The molecule has 0 aliphatic heterocycles.